The number of benzene rings is 2. The zero-order chi connectivity index (χ0) is 19.6. The Bertz CT molecular complexity index is 757. The summed E-state index contributed by atoms with van der Waals surface area (Å²) in [6, 6.07) is 16.5. The Labute approximate surface area is 185 Å². The van der Waals surface area contributed by atoms with Crippen LogP contribution in [0, 0.1) is 6.92 Å². The molecular formula is C22H31IN4O. The van der Waals surface area contributed by atoms with Gasteiger partial charge >= 0.3 is 0 Å². The SMILES string of the molecule is CCNC(=NCCc1ccc(NC(C)=O)cc1)N(C)Cc1ccc(C)cc1.I. The number of nitrogens with zero attached hydrogens (tertiary/aromatic N) is 2. The maximum absolute atomic E-state index is 11.1. The first-order valence-electron chi connectivity index (χ1n) is 9.39. The van der Waals surface area contributed by atoms with Crippen molar-refractivity contribution in [3.05, 3.63) is 65.2 Å². The van der Waals surface area contributed by atoms with Gasteiger partial charge in [0.1, 0.15) is 0 Å². The summed E-state index contributed by atoms with van der Waals surface area (Å²) < 4.78 is 0. The molecule has 0 heterocycles. The van der Waals surface area contributed by atoms with Crippen LogP contribution in [-0.4, -0.2) is 36.9 Å². The largest absolute Gasteiger partial charge is 0.357 e. The van der Waals surface area contributed by atoms with Gasteiger partial charge in [-0.05, 0) is 43.5 Å². The molecule has 0 atom stereocenters. The molecule has 0 aliphatic rings. The Balaban J connectivity index is 0.00000392. The molecule has 28 heavy (non-hydrogen) atoms. The van der Waals surface area contributed by atoms with Crippen LogP contribution < -0.4 is 10.6 Å². The van der Waals surface area contributed by atoms with Crippen LogP contribution in [0.2, 0.25) is 0 Å². The second-order valence-electron chi connectivity index (χ2n) is 6.71. The number of guanidine groups is 1. The fraction of sp³-hybridized carbons (Fsp3) is 0.364. The molecule has 0 aliphatic carbocycles. The summed E-state index contributed by atoms with van der Waals surface area (Å²) in [6.45, 7) is 8.05. The first kappa shape index (κ1) is 23.9. The number of aryl methyl sites for hydroxylation is 1. The topological polar surface area (TPSA) is 56.7 Å². The summed E-state index contributed by atoms with van der Waals surface area (Å²) in [5, 5.41) is 6.14. The highest BCUT2D eigenvalue weighted by molar-refractivity contribution is 14.0. The van der Waals surface area contributed by atoms with Crippen LogP contribution in [-0.2, 0) is 17.8 Å². The molecule has 152 valence electrons. The number of aliphatic imine (C=N–C) groups is 1. The molecule has 0 saturated carbocycles. The van der Waals surface area contributed by atoms with Gasteiger partial charge < -0.3 is 15.5 Å². The van der Waals surface area contributed by atoms with Crippen molar-refractivity contribution in [1.29, 1.82) is 0 Å². The van der Waals surface area contributed by atoms with Gasteiger partial charge in [-0.1, -0.05) is 42.0 Å². The zero-order valence-electron chi connectivity index (χ0n) is 17.2. The van der Waals surface area contributed by atoms with Gasteiger partial charge in [0.25, 0.3) is 0 Å². The average Bonchev–Trinajstić information content (AvgIpc) is 2.64. The van der Waals surface area contributed by atoms with Crippen LogP contribution in [0.15, 0.2) is 53.5 Å². The van der Waals surface area contributed by atoms with E-state index >= 15 is 0 Å². The molecule has 0 spiro atoms. The van der Waals surface area contributed by atoms with E-state index in [4.69, 9.17) is 4.99 Å². The number of amides is 1. The number of rotatable bonds is 7. The molecule has 2 rings (SSSR count). The van der Waals surface area contributed by atoms with E-state index < -0.39 is 0 Å². The van der Waals surface area contributed by atoms with Crippen LogP contribution in [0.5, 0.6) is 0 Å². The fourth-order valence-electron chi connectivity index (χ4n) is 2.76. The summed E-state index contributed by atoms with van der Waals surface area (Å²) in [6.07, 6.45) is 0.855. The van der Waals surface area contributed by atoms with E-state index in [-0.39, 0.29) is 29.9 Å². The molecule has 2 N–H and O–H groups in total. The third-order valence-electron chi connectivity index (χ3n) is 4.17. The highest BCUT2D eigenvalue weighted by Crippen LogP contribution is 2.10. The second kappa shape index (κ2) is 12.4. The molecule has 0 saturated heterocycles. The normalized spacial score (nSPS) is 10.8. The molecule has 0 fully saturated rings. The highest BCUT2D eigenvalue weighted by atomic mass is 127. The Morgan fingerprint density at radius 1 is 1.04 bits per heavy atom. The van der Waals surface area contributed by atoms with Crippen molar-refractivity contribution >= 4 is 41.5 Å². The lowest BCUT2D eigenvalue weighted by atomic mass is 10.1. The molecule has 0 aliphatic heterocycles. The number of carbonyl (C=O) groups excluding carboxylic acids is 1. The number of nitrogens with one attached hydrogen (secondary N) is 2. The first-order chi connectivity index (χ1) is 13.0. The number of hydrogen-bond acceptors (Lipinski definition) is 2. The van der Waals surface area contributed by atoms with Crippen LogP contribution >= 0.6 is 24.0 Å². The predicted molar refractivity (Wildman–Crippen MR) is 128 cm³/mol. The van der Waals surface area contributed by atoms with Gasteiger partial charge in [-0.2, -0.15) is 0 Å². The van der Waals surface area contributed by atoms with Crippen molar-refractivity contribution < 1.29 is 4.79 Å². The Morgan fingerprint density at radius 3 is 2.21 bits per heavy atom. The second-order valence-corrected chi connectivity index (χ2v) is 6.71. The molecule has 2 aromatic carbocycles. The Hall–Kier alpha value is -2.09. The van der Waals surface area contributed by atoms with Gasteiger partial charge in [-0.3, -0.25) is 9.79 Å². The predicted octanol–water partition coefficient (Wildman–Crippen LogP) is 4.21. The maximum atomic E-state index is 11.1. The van der Waals surface area contributed by atoms with Crippen molar-refractivity contribution in [3.63, 3.8) is 0 Å². The minimum absolute atomic E-state index is 0. The van der Waals surface area contributed by atoms with Gasteiger partial charge in [-0.15, -0.1) is 24.0 Å². The van der Waals surface area contributed by atoms with Crippen molar-refractivity contribution in [2.24, 2.45) is 4.99 Å². The van der Waals surface area contributed by atoms with E-state index in [1.165, 1.54) is 23.6 Å². The van der Waals surface area contributed by atoms with E-state index in [1.54, 1.807) is 0 Å². The van der Waals surface area contributed by atoms with Crippen LogP contribution in [0.1, 0.15) is 30.5 Å². The number of carbonyl (C=O) groups is 1. The van der Waals surface area contributed by atoms with Crippen molar-refractivity contribution in [1.82, 2.24) is 10.2 Å². The Morgan fingerprint density at radius 2 is 1.64 bits per heavy atom. The molecule has 0 radical (unpaired) electrons. The number of hydrogen-bond donors (Lipinski definition) is 2. The average molecular weight is 494 g/mol. The van der Waals surface area contributed by atoms with Gasteiger partial charge in [0.15, 0.2) is 5.96 Å². The van der Waals surface area contributed by atoms with Gasteiger partial charge in [0.05, 0.1) is 0 Å². The lowest BCUT2D eigenvalue weighted by Crippen LogP contribution is -2.38. The van der Waals surface area contributed by atoms with Crippen molar-refractivity contribution in [2.75, 3.05) is 25.5 Å². The first-order valence-corrected chi connectivity index (χ1v) is 9.39. The van der Waals surface area contributed by atoms with E-state index in [2.05, 4.69) is 60.7 Å². The summed E-state index contributed by atoms with van der Waals surface area (Å²) in [7, 11) is 2.06. The summed E-state index contributed by atoms with van der Waals surface area (Å²) >= 11 is 0. The minimum Gasteiger partial charge on any atom is -0.357 e. The molecular weight excluding hydrogens is 463 g/mol. The molecule has 0 bridgehead atoms. The van der Waals surface area contributed by atoms with E-state index in [0.29, 0.717) is 6.54 Å². The molecule has 1 amide bonds. The van der Waals surface area contributed by atoms with Crippen LogP contribution in [0.3, 0.4) is 0 Å². The lowest BCUT2D eigenvalue weighted by Gasteiger charge is -2.22. The number of anilines is 1. The molecule has 0 aromatic heterocycles. The molecule has 5 nitrogen and oxygen atoms in total. The summed E-state index contributed by atoms with van der Waals surface area (Å²) in [4.78, 5) is 18.0. The summed E-state index contributed by atoms with van der Waals surface area (Å²) in [5.41, 5.74) is 4.56. The van der Waals surface area contributed by atoms with Crippen molar-refractivity contribution in [3.8, 4) is 0 Å². The lowest BCUT2D eigenvalue weighted by molar-refractivity contribution is -0.114. The Kier molecular flexibility index (Phi) is 10.6. The highest BCUT2D eigenvalue weighted by Gasteiger charge is 2.06. The monoisotopic (exact) mass is 494 g/mol. The van der Waals surface area contributed by atoms with Gasteiger partial charge in [0.2, 0.25) is 5.91 Å². The molecule has 0 unspecified atom stereocenters. The number of halogens is 1. The standard InChI is InChI=1S/C22H30N4O.HI/c1-5-23-22(26(4)16-20-8-6-17(2)7-9-20)24-15-14-19-10-12-21(13-11-19)25-18(3)27;/h6-13H,5,14-16H2,1-4H3,(H,23,24)(H,25,27);1H. The van der Waals surface area contributed by atoms with Gasteiger partial charge in [0, 0.05) is 39.3 Å². The fourth-order valence-corrected chi connectivity index (χ4v) is 2.76. The maximum Gasteiger partial charge on any atom is 0.221 e. The molecule has 2 aromatic rings. The molecule has 6 heteroatoms. The minimum atomic E-state index is -0.0563. The smallest absolute Gasteiger partial charge is 0.221 e. The van der Waals surface area contributed by atoms with E-state index in [0.717, 1.165) is 31.2 Å². The zero-order valence-corrected chi connectivity index (χ0v) is 19.5. The van der Waals surface area contributed by atoms with Crippen LogP contribution in [0.25, 0.3) is 0 Å². The van der Waals surface area contributed by atoms with Crippen molar-refractivity contribution in [2.45, 2.75) is 33.7 Å². The van der Waals surface area contributed by atoms with E-state index in [1.807, 2.05) is 24.3 Å². The summed E-state index contributed by atoms with van der Waals surface area (Å²) in [5.74, 6) is 0.854. The third-order valence-corrected chi connectivity index (χ3v) is 4.17. The quantitative estimate of drug-likeness (QED) is 0.345. The van der Waals surface area contributed by atoms with Gasteiger partial charge in [-0.25, -0.2) is 0 Å². The van der Waals surface area contributed by atoms with E-state index in [9.17, 15) is 4.79 Å². The van der Waals surface area contributed by atoms with Crippen LogP contribution in [0.4, 0.5) is 5.69 Å². The third kappa shape index (κ3) is 8.29.